The topological polar surface area (TPSA) is 33.7 Å². The molecule has 0 amide bonds. The van der Waals surface area contributed by atoms with Crippen LogP contribution in [0.3, 0.4) is 0 Å². The van der Waals surface area contributed by atoms with Crippen LogP contribution in [0.25, 0.3) is 0 Å². The molecule has 4 heteroatoms. The second kappa shape index (κ2) is 8.82. The molecule has 114 valence electrons. The average molecular weight is 280 g/mol. The molecule has 0 saturated carbocycles. The minimum absolute atomic E-state index is 0.303. The van der Waals surface area contributed by atoms with Gasteiger partial charge in [-0.05, 0) is 32.1 Å². The second-order valence-electron chi connectivity index (χ2n) is 5.63. The summed E-state index contributed by atoms with van der Waals surface area (Å²) in [7, 11) is 5.82. The Bertz CT molecular complexity index is 380. The maximum atomic E-state index is 5.75. The van der Waals surface area contributed by atoms with Crippen LogP contribution < -0.4 is 10.1 Å². The van der Waals surface area contributed by atoms with Crippen molar-refractivity contribution in [2.45, 2.75) is 19.9 Å². The molecule has 0 aliphatic rings. The molecule has 0 heterocycles. The van der Waals surface area contributed by atoms with E-state index < -0.39 is 0 Å². The summed E-state index contributed by atoms with van der Waals surface area (Å²) < 4.78 is 11.0. The molecule has 1 atom stereocenters. The van der Waals surface area contributed by atoms with Crippen LogP contribution in [-0.2, 0) is 4.74 Å². The molecule has 0 aromatic heterocycles. The molecule has 1 aromatic carbocycles. The van der Waals surface area contributed by atoms with E-state index in [4.69, 9.17) is 9.47 Å². The molecular weight excluding hydrogens is 252 g/mol. The number of benzene rings is 1. The van der Waals surface area contributed by atoms with Crippen LogP contribution >= 0.6 is 0 Å². The van der Waals surface area contributed by atoms with Crippen molar-refractivity contribution in [1.82, 2.24) is 4.90 Å². The van der Waals surface area contributed by atoms with Gasteiger partial charge in [0.1, 0.15) is 12.4 Å². The van der Waals surface area contributed by atoms with E-state index >= 15 is 0 Å². The zero-order valence-electron chi connectivity index (χ0n) is 13.3. The first kappa shape index (κ1) is 16.8. The van der Waals surface area contributed by atoms with E-state index in [2.05, 4.69) is 30.1 Å². The first-order valence-electron chi connectivity index (χ1n) is 7.16. The van der Waals surface area contributed by atoms with E-state index in [0.29, 0.717) is 25.2 Å². The van der Waals surface area contributed by atoms with Gasteiger partial charge in [-0.25, -0.2) is 0 Å². The van der Waals surface area contributed by atoms with Crippen LogP contribution in [0.1, 0.15) is 13.8 Å². The van der Waals surface area contributed by atoms with E-state index in [1.54, 1.807) is 7.11 Å². The minimum Gasteiger partial charge on any atom is -0.492 e. The maximum absolute atomic E-state index is 5.75. The molecular formula is C16H28N2O2. The zero-order valence-corrected chi connectivity index (χ0v) is 13.3. The van der Waals surface area contributed by atoms with Gasteiger partial charge in [-0.1, -0.05) is 19.9 Å². The summed E-state index contributed by atoms with van der Waals surface area (Å²) in [5, 5.41) is 3.50. The summed E-state index contributed by atoms with van der Waals surface area (Å²) in [6, 6.07) is 8.40. The lowest BCUT2D eigenvalue weighted by Gasteiger charge is -2.23. The molecule has 1 aromatic rings. The van der Waals surface area contributed by atoms with Crippen LogP contribution in [0.15, 0.2) is 24.3 Å². The molecule has 0 aliphatic heterocycles. The Balaban J connectivity index is 2.57. The van der Waals surface area contributed by atoms with Gasteiger partial charge in [0, 0.05) is 25.4 Å². The number of hydrogen-bond donors (Lipinski definition) is 1. The number of likely N-dealkylation sites (N-methyl/N-ethyl adjacent to an activating group) is 1. The van der Waals surface area contributed by atoms with Crippen LogP contribution in [-0.4, -0.2) is 51.9 Å². The van der Waals surface area contributed by atoms with Gasteiger partial charge in [-0.15, -0.1) is 0 Å². The summed E-state index contributed by atoms with van der Waals surface area (Å²) in [6.07, 6.45) is 0. The number of rotatable bonds is 9. The monoisotopic (exact) mass is 280 g/mol. The molecule has 1 unspecified atom stereocenters. The van der Waals surface area contributed by atoms with Gasteiger partial charge >= 0.3 is 0 Å². The quantitative estimate of drug-likeness (QED) is 0.754. The van der Waals surface area contributed by atoms with Crippen molar-refractivity contribution in [3.8, 4) is 5.75 Å². The fourth-order valence-corrected chi connectivity index (χ4v) is 1.82. The Kier molecular flexibility index (Phi) is 7.41. The number of hydrogen-bond acceptors (Lipinski definition) is 4. The van der Waals surface area contributed by atoms with Crippen LogP contribution in [0.4, 0.5) is 5.69 Å². The lowest BCUT2D eigenvalue weighted by Crippen LogP contribution is -2.30. The van der Waals surface area contributed by atoms with Crippen molar-refractivity contribution in [2.75, 3.05) is 46.3 Å². The first-order valence-corrected chi connectivity index (χ1v) is 7.16. The molecule has 1 N–H and O–H groups in total. The molecule has 0 fully saturated rings. The summed E-state index contributed by atoms with van der Waals surface area (Å²) >= 11 is 0. The number of nitrogens with one attached hydrogen (secondary N) is 1. The van der Waals surface area contributed by atoms with E-state index in [-0.39, 0.29) is 0 Å². The van der Waals surface area contributed by atoms with Crippen LogP contribution in [0.2, 0.25) is 0 Å². The third-order valence-electron chi connectivity index (χ3n) is 3.14. The molecule has 0 bridgehead atoms. The normalized spacial score (nSPS) is 12.8. The molecule has 0 aliphatic carbocycles. The SMILES string of the molecule is COCC(Nc1cccc(OCCN(C)C)c1)C(C)C. The second-order valence-corrected chi connectivity index (χ2v) is 5.63. The fourth-order valence-electron chi connectivity index (χ4n) is 1.82. The number of ether oxygens (including phenoxy) is 2. The zero-order chi connectivity index (χ0) is 15.0. The average Bonchev–Trinajstić information content (AvgIpc) is 2.38. The third-order valence-corrected chi connectivity index (χ3v) is 3.14. The molecule has 20 heavy (non-hydrogen) atoms. The molecule has 4 nitrogen and oxygen atoms in total. The highest BCUT2D eigenvalue weighted by atomic mass is 16.5. The lowest BCUT2D eigenvalue weighted by atomic mass is 10.1. The predicted molar refractivity (Wildman–Crippen MR) is 84.6 cm³/mol. The highest BCUT2D eigenvalue weighted by molar-refractivity contribution is 5.49. The van der Waals surface area contributed by atoms with Gasteiger partial charge in [0.15, 0.2) is 0 Å². The Hall–Kier alpha value is -1.26. The van der Waals surface area contributed by atoms with Crippen molar-refractivity contribution in [3.05, 3.63) is 24.3 Å². The van der Waals surface area contributed by atoms with E-state index in [0.717, 1.165) is 18.0 Å². The van der Waals surface area contributed by atoms with Gasteiger partial charge in [0.05, 0.1) is 12.6 Å². The lowest BCUT2D eigenvalue weighted by molar-refractivity contribution is 0.171. The molecule has 0 radical (unpaired) electrons. The number of methoxy groups -OCH3 is 1. The summed E-state index contributed by atoms with van der Waals surface area (Å²) in [6.45, 7) is 6.68. The van der Waals surface area contributed by atoms with Crippen LogP contribution in [0.5, 0.6) is 5.75 Å². The van der Waals surface area contributed by atoms with Crippen molar-refractivity contribution in [2.24, 2.45) is 5.92 Å². The third kappa shape index (κ3) is 6.26. The van der Waals surface area contributed by atoms with Gasteiger partial charge in [0.2, 0.25) is 0 Å². The largest absolute Gasteiger partial charge is 0.492 e. The van der Waals surface area contributed by atoms with Crippen molar-refractivity contribution in [1.29, 1.82) is 0 Å². The Labute approximate surface area is 123 Å². The van der Waals surface area contributed by atoms with Crippen LogP contribution in [0, 0.1) is 5.92 Å². The summed E-state index contributed by atoms with van der Waals surface area (Å²) in [5.74, 6) is 1.41. The fraction of sp³-hybridized carbons (Fsp3) is 0.625. The molecule has 1 rings (SSSR count). The van der Waals surface area contributed by atoms with Gasteiger partial charge < -0.3 is 19.7 Å². The van der Waals surface area contributed by atoms with Crippen molar-refractivity contribution in [3.63, 3.8) is 0 Å². The number of nitrogens with zero attached hydrogens (tertiary/aromatic N) is 1. The van der Waals surface area contributed by atoms with Gasteiger partial charge in [-0.3, -0.25) is 0 Å². The molecule has 0 saturated heterocycles. The highest BCUT2D eigenvalue weighted by Crippen LogP contribution is 2.19. The number of anilines is 1. The Morgan fingerprint density at radius 3 is 2.60 bits per heavy atom. The van der Waals surface area contributed by atoms with Crippen molar-refractivity contribution < 1.29 is 9.47 Å². The van der Waals surface area contributed by atoms with Gasteiger partial charge in [0.25, 0.3) is 0 Å². The Morgan fingerprint density at radius 2 is 2.00 bits per heavy atom. The smallest absolute Gasteiger partial charge is 0.121 e. The first-order chi connectivity index (χ1) is 9.52. The summed E-state index contributed by atoms with van der Waals surface area (Å²) in [4.78, 5) is 2.11. The minimum atomic E-state index is 0.303. The highest BCUT2D eigenvalue weighted by Gasteiger charge is 2.12. The summed E-state index contributed by atoms with van der Waals surface area (Å²) in [5.41, 5.74) is 1.07. The maximum Gasteiger partial charge on any atom is 0.121 e. The van der Waals surface area contributed by atoms with Crippen molar-refractivity contribution >= 4 is 5.69 Å². The van der Waals surface area contributed by atoms with E-state index in [1.165, 1.54) is 0 Å². The van der Waals surface area contributed by atoms with Gasteiger partial charge in [-0.2, -0.15) is 0 Å². The molecule has 0 spiro atoms. The van der Waals surface area contributed by atoms with E-state index in [1.807, 2.05) is 32.3 Å². The standard InChI is InChI=1S/C16H28N2O2/c1-13(2)16(12-19-5)17-14-7-6-8-15(11-14)20-10-9-18(3)4/h6-8,11,13,16-17H,9-10,12H2,1-5H3. The predicted octanol–water partition coefficient (Wildman–Crippen LogP) is 2.71. The van der Waals surface area contributed by atoms with E-state index in [9.17, 15) is 0 Å². The Morgan fingerprint density at radius 1 is 1.25 bits per heavy atom.